The van der Waals surface area contributed by atoms with Gasteiger partial charge in [-0.1, -0.05) is 40.2 Å². The van der Waals surface area contributed by atoms with Gasteiger partial charge in [0.15, 0.2) is 0 Å². The van der Waals surface area contributed by atoms with Crippen LogP contribution in [0.1, 0.15) is 27.0 Å². The third-order valence-corrected chi connectivity index (χ3v) is 4.53. The van der Waals surface area contributed by atoms with Gasteiger partial charge in [0.2, 0.25) is 5.88 Å². The van der Waals surface area contributed by atoms with Crippen molar-refractivity contribution in [2.24, 2.45) is 0 Å². The molecule has 4 nitrogen and oxygen atoms in total. The highest BCUT2D eigenvalue weighted by Crippen LogP contribution is 2.29. The molecule has 1 heterocycles. The van der Waals surface area contributed by atoms with Gasteiger partial charge in [-0.25, -0.2) is 4.98 Å². The van der Waals surface area contributed by atoms with Crippen molar-refractivity contribution in [2.75, 3.05) is 0 Å². The van der Waals surface area contributed by atoms with Crippen molar-refractivity contribution >= 4 is 21.8 Å². The van der Waals surface area contributed by atoms with Gasteiger partial charge < -0.3 is 10.1 Å². The molecule has 3 rings (SSSR count). The Balaban J connectivity index is 1.54. The van der Waals surface area contributed by atoms with Crippen LogP contribution in [0.2, 0.25) is 0 Å². The Labute approximate surface area is 173 Å². The maximum absolute atomic E-state index is 12.7. The minimum absolute atomic E-state index is 0.0232. The second-order valence-corrected chi connectivity index (χ2v) is 7.10. The first kappa shape index (κ1) is 20.9. The minimum Gasteiger partial charge on any atom is -0.473 e. The van der Waals surface area contributed by atoms with Crippen molar-refractivity contribution in [2.45, 2.75) is 19.3 Å². The second-order valence-electron chi connectivity index (χ2n) is 6.18. The van der Waals surface area contributed by atoms with Gasteiger partial charge in [0.25, 0.3) is 5.91 Å². The maximum atomic E-state index is 12.7. The van der Waals surface area contributed by atoms with Crippen LogP contribution < -0.4 is 10.1 Å². The average Bonchev–Trinajstić information content (AvgIpc) is 2.71. The topological polar surface area (TPSA) is 51.2 Å². The number of nitrogens with one attached hydrogen (secondary N) is 1. The number of alkyl halides is 3. The van der Waals surface area contributed by atoms with Crippen molar-refractivity contribution in [3.05, 3.63) is 93.6 Å². The molecular formula is C21H16BrF3N2O2. The number of amides is 1. The van der Waals surface area contributed by atoms with Crippen LogP contribution in [0.25, 0.3) is 0 Å². The van der Waals surface area contributed by atoms with Gasteiger partial charge in [0, 0.05) is 23.3 Å². The molecule has 0 radical (unpaired) electrons. The number of carbonyl (C=O) groups excluding carboxylic acids is 1. The molecule has 1 amide bonds. The Morgan fingerprint density at radius 1 is 1.03 bits per heavy atom. The summed E-state index contributed by atoms with van der Waals surface area (Å²) in [6, 6.07) is 15.6. The molecule has 0 aliphatic heterocycles. The van der Waals surface area contributed by atoms with Gasteiger partial charge in [-0.15, -0.1) is 0 Å². The lowest BCUT2D eigenvalue weighted by Crippen LogP contribution is -2.23. The fourth-order valence-corrected chi connectivity index (χ4v) is 2.74. The Morgan fingerprint density at radius 2 is 1.79 bits per heavy atom. The first-order valence-corrected chi connectivity index (χ1v) is 9.38. The number of halogens is 4. The minimum atomic E-state index is -4.42. The predicted octanol–water partition coefficient (Wildman–Crippen LogP) is 5.37. The SMILES string of the molecule is O=C(NCc1cccc(C(F)(F)F)c1)c1ccc(OCc2ccc(Br)cc2)nc1. The van der Waals surface area contributed by atoms with E-state index in [2.05, 4.69) is 26.2 Å². The van der Waals surface area contributed by atoms with Crippen LogP contribution in [-0.4, -0.2) is 10.9 Å². The lowest BCUT2D eigenvalue weighted by atomic mass is 10.1. The molecule has 0 aliphatic rings. The monoisotopic (exact) mass is 464 g/mol. The summed E-state index contributed by atoms with van der Waals surface area (Å²) in [7, 11) is 0. The normalized spacial score (nSPS) is 11.2. The average molecular weight is 465 g/mol. The first-order valence-electron chi connectivity index (χ1n) is 8.59. The lowest BCUT2D eigenvalue weighted by Gasteiger charge is -2.10. The van der Waals surface area contributed by atoms with Crippen LogP contribution >= 0.6 is 15.9 Å². The fourth-order valence-electron chi connectivity index (χ4n) is 2.48. The number of aromatic nitrogens is 1. The summed E-state index contributed by atoms with van der Waals surface area (Å²) in [5.74, 6) is -0.0725. The third kappa shape index (κ3) is 6.05. The summed E-state index contributed by atoms with van der Waals surface area (Å²) in [6.07, 6.45) is -3.06. The molecule has 0 spiro atoms. The number of hydrogen-bond acceptors (Lipinski definition) is 3. The van der Waals surface area contributed by atoms with Gasteiger partial charge in [-0.3, -0.25) is 4.79 Å². The van der Waals surface area contributed by atoms with Gasteiger partial charge >= 0.3 is 6.18 Å². The van der Waals surface area contributed by atoms with Gasteiger partial charge in [-0.05, 0) is 41.5 Å². The molecule has 150 valence electrons. The quantitative estimate of drug-likeness (QED) is 0.533. The highest BCUT2D eigenvalue weighted by molar-refractivity contribution is 9.10. The molecule has 2 aromatic carbocycles. The number of nitrogens with zero attached hydrogens (tertiary/aromatic N) is 1. The Morgan fingerprint density at radius 3 is 2.45 bits per heavy atom. The molecule has 3 aromatic rings. The van der Waals surface area contributed by atoms with Crippen LogP contribution in [0.4, 0.5) is 13.2 Å². The van der Waals surface area contributed by atoms with E-state index in [9.17, 15) is 18.0 Å². The van der Waals surface area contributed by atoms with E-state index in [1.807, 2.05) is 24.3 Å². The van der Waals surface area contributed by atoms with Crippen LogP contribution in [-0.2, 0) is 19.3 Å². The molecule has 29 heavy (non-hydrogen) atoms. The maximum Gasteiger partial charge on any atom is 0.416 e. The molecular weight excluding hydrogens is 449 g/mol. The summed E-state index contributed by atoms with van der Waals surface area (Å²) in [5, 5.41) is 2.58. The highest BCUT2D eigenvalue weighted by atomic mass is 79.9. The molecule has 1 aromatic heterocycles. The molecule has 0 saturated carbocycles. The van der Waals surface area contributed by atoms with Crippen LogP contribution in [0.15, 0.2) is 71.3 Å². The Kier molecular flexibility index (Phi) is 6.53. The van der Waals surface area contributed by atoms with E-state index >= 15 is 0 Å². The Hall–Kier alpha value is -2.87. The van der Waals surface area contributed by atoms with Crippen LogP contribution in [0, 0.1) is 0 Å². The summed E-state index contributed by atoms with van der Waals surface area (Å²) in [5.41, 5.74) is 0.861. The summed E-state index contributed by atoms with van der Waals surface area (Å²) in [6.45, 7) is 0.311. The van der Waals surface area contributed by atoms with Crippen LogP contribution in [0.5, 0.6) is 5.88 Å². The van der Waals surface area contributed by atoms with Crippen molar-refractivity contribution < 1.29 is 22.7 Å². The van der Waals surface area contributed by atoms with Crippen molar-refractivity contribution in [1.29, 1.82) is 0 Å². The van der Waals surface area contributed by atoms with Crippen LogP contribution in [0.3, 0.4) is 0 Å². The molecule has 1 N–H and O–H groups in total. The molecule has 0 bridgehead atoms. The van der Waals surface area contributed by atoms with Crippen molar-refractivity contribution in [3.63, 3.8) is 0 Å². The van der Waals surface area contributed by atoms with E-state index in [1.54, 1.807) is 12.1 Å². The number of pyridine rings is 1. The molecule has 0 aliphatic carbocycles. The van der Waals surface area contributed by atoms with Crippen molar-refractivity contribution in [3.8, 4) is 5.88 Å². The number of carbonyl (C=O) groups is 1. The third-order valence-electron chi connectivity index (χ3n) is 4.01. The van der Waals surface area contributed by atoms with E-state index in [0.29, 0.717) is 18.1 Å². The number of rotatable bonds is 6. The smallest absolute Gasteiger partial charge is 0.416 e. The summed E-state index contributed by atoms with van der Waals surface area (Å²) in [4.78, 5) is 16.3. The zero-order valence-corrected chi connectivity index (χ0v) is 16.6. The first-order chi connectivity index (χ1) is 13.8. The number of ether oxygens (including phenoxy) is 1. The standard InChI is InChI=1S/C21H16BrF3N2O2/c22-18-7-4-14(5-8-18)13-29-19-9-6-16(12-26-19)20(28)27-11-15-2-1-3-17(10-15)21(23,24)25/h1-10,12H,11,13H2,(H,27,28). The van der Waals surface area contributed by atoms with E-state index in [4.69, 9.17) is 4.74 Å². The fraction of sp³-hybridized carbons (Fsp3) is 0.143. The predicted molar refractivity (Wildman–Crippen MR) is 105 cm³/mol. The second kappa shape index (κ2) is 9.09. The molecule has 0 unspecified atom stereocenters. The largest absolute Gasteiger partial charge is 0.473 e. The van der Waals surface area contributed by atoms with Gasteiger partial charge in [0.05, 0.1) is 11.1 Å². The Bertz CT molecular complexity index is 974. The van der Waals surface area contributed by atoms with E-state index in [-0.39, 0.29) is 12.1 Å². The molecule has 8 heteroatoms. The number of hydrogen-bond donors (Lipinski definition) is 1. The van der Waals surface area contributed by atoms with E-state index in [0.717, 1.165) is 22.2 Å². The lowest BCUT2D eigenvalue weighted by molar-refractivity contribution is -0.137. The number of benzene rings is 2. The van der Waals surface area contributed by atoms with Crippen molar-refractivity contribution in [1.82, 2.24) is 10.3 Å². The molecule has 0 atom stereocenters. The zero-order chi connectivity index (χ0) is 20.9. The molecule has 0 fully saturated rings. The van der Waals surface area contributed by atoms with E-state index in [1.165, 1.54) is 18.3 Å². The highest BCUT2D eigenvalue weighted by Gasteiger charge is 2.30. The zero-order valence-electron chi connectivity index (χ0n) is 15.0. The summed E-state index contributed by atoms with van der Waals surface area (Å²) >= 11 is 3.36. The van der Waals surface area contributed by atoms with Gasteiger partial charge in [0.1, 0.15) is 6.61 Å². The van der Waals surface area contributed by atoms with Gasteiger partial charge in [-0.2, -0.15) is 13.2 Å². The molecule has 0 saturated heterocycles. The van der Waals surface area contributed by atoms with E-state index < -0.39 is 17.6 Å². The summed E-state index contributed by atoms with van der Waals surface area (Å²) < 4.78 is 44.8.